The second kappa shape index (κ2) is 9.54. The van der Waals surface area contributed by atoms with Crippen LogP contribution in [-0.2, 0) is 14.3 Å². The van der Waals surface area contributed by atoms with Gasteiger partial charge < -0.3 is 14.8 Å². The fourth-order valence-corrected chi connectivity index (χ4v) is 5.58. The molecule has 5 heterocycles. The van der Waals surface area contributed by atoms with Gasteiger partial charge in [0, 0.05) is 26.0 Å². The van der Waals surface area contributed by atoms with Crippen LogP contribution < -0.4 is 10.9 Å². The van der Waals surface area contributed by atoms with Crippen molar-refractivity contribution in [2.24, 2.45) is 0 Å². The third-order valence-electron chi connectivity index (χ3n) is 6.09. The number of amides is 1. The summed E-state index contributed by atoms with van der Waals surface area (Å²) in [7, 11) is 0. The Morgan fingerprint density at radius 1 is 1.21 bits per heavy atom. The van der Waals surface area contributed by atoms with Crippen LogP contribution in [0.2, 0.25) is 0 Å². The molecule has 2 aromatic rings. The van der Waals surface area contributed by atoms with Crippen molar-refractivity contribution in [3.8, 4) is 0 Å². The highest BCUT2D eigenvalue weighted by Gasteiger charge is 2.35. The first-order valence-electron chi connectivity index (χ1n) is 11.2. The minimum Gasteiger partial charge on any atom is -0.376 e. The molecular weight excluding hydrogens is 460 g/mol. The molecule has 3 saturated heterocycles. The van der Waals surface area contributed by atoms with Gasteiger partial charge in [-0.25, -0.2) is 4.98 Å². The normalized spacial score (nSPS) is 24.5. The van der Waals surface area contributed by atoms with Crippen LogP contribution in [0.5, 0.6) is 0 Å². The summed E-state index contributed by atoms with van der Waals surface area (Å²) >= 11 is 6.68. The minimum absolute atomic E-state index is 0.00595. The largest absolute Gasteiger partial charge is 0.376 e. The number of thiocarbonyl (C=S) groups is 1. The molecule has 3 fully saturated rings. The third-order valence-corrected chi connectivity index (χ3v) is 7.46. The number of anilines is 1. The molecule has 3 aliphatic rings. The Kier molecular flexibility index (Phi) is 6.51. The molecule has 3 aliphatic heterocycles. The lowest BCUT2D eigenvalue weighted by molar-refractivity contribution is -0.123. The molecule has 1 N–H and O–H groups in total. The van der Waals surface area contributed by atoms with Crippen molar-refractivity contribution in [2.45, 2.75) is 44.8 Å². The maximum atomic E-state index is 13.5. The Morgan fingerprint density at radius 2 is 1.97 bits per heavy atom. The van der Waals surface area contributed by atoms with Crippen LogP contribution in [-0.4, -0.2) is 63.0 Å². The van der Waals surface area contributed by atoms with Crippen LogP contribution in [0.3, 0.4) is 0 Å². The molecule has 1 amide bonds. The van der Waals surface area contributed by atoms with Crippen LogP contribution in [0.15, 0.2) is 28.0 Å². The molecule has 5 rings (SSSR count). The first-order chi connectivity index (χ1) is 16.0. The van der Waals surface area contributed by atoms with E-state index in [-0.39, 0.29) is 23.7 Å². The highest BCUT2D eigenvalue weighted by atomic mass is 32.2. The number of thioether (sulfide) groups is 1. The highest BCUT2D eigenvalue weighted by Crippen LogP contribution is 2.34. The quantitative estimate of drug-likeness (QED) is 0.493. The first-order valence-corrected chi connectivity index (χ1v) is 12.5. The van der Waals surface area contributed by atoms with Crippen molar-refractivity contribution in [3.63, 3.8) is 0 Å². The van der Waals surface area contributed by atoms with Gasteiger partial charge in [-0.1, -0.05) is 30.0 Å². The standard InChI is InChI=1S/C23H26N4O4S2/c1-14-6-7-19-25-20(24-11-15-4-2-8-30-15)17(21(28)26(19)12-14)10-18-22(29)27(23(32)33-18)13-16-5-3-9-31-16/h6-7,10,12,15-16,24H,2-5,8-9,11,13H2,1H3/b18-10+. The number of rotatable bonds is 6. The lowest BCUT2D eigenvalue weighted by Crippen LogP contribution is -2.35. The molecule has 0 aromatic carbocycles. The minimum atomic E-state index is -0.233. The monoisotopic (exact) mass is 486 g/mol. The number of aryl methyl sites for hydroxylation is 1. The molecule has 0 aliphatic carbocycles. The Morgan fingerprint density at radius 3 is 2.70 bits per heavy atom. The van der Waals surface area contributed by atoms with Crippen LogP contribution >= 0.6 is 24.0 Å². The summed E-state index contributed by atoms with van der Waals surface area (Å²) in [6.45, 7) is 4.38. The van der Waals surface area contributed by atoms with E-state index in [4.69, 9.17) is 26.7 Å². The molecular formula is C23H26N4O4S2. The van der Waals surface area contributed by atoms with Gasteiger partial charge in [-0.05, 0) is 50.3 Å². The van der Waals surface area contributed by atoms with Gasteiger partial charge >= 0.3 is 0 Å². The van der Waals surface area contributed by atoms with Crippen LogP contribution in [0.25, 0.3) is 11.7 Å². The zero-order valence-corrected chi connectivity index (χ0v) is 20.0. The summed E-state index contributed by atoms with van der Waals surface area (Å²) in [6, 6.07) is 3.74. The zero-order valence-electron chi connectivity index (χ0n) is 18.4. The Labute approximate surface area is 201 Å². The summed E-state index contributed by atoms with van der Waals surface area (Å²) in [5.74, 6) is 0.253. The van der Waals surface area contributed by atoms with Crippen molar-refractivity contribution < 1.29 is 14.3 Å². The van der Waals surface area contributed by atoms with Crippen molar-refractivity contribution >= 4 is 51.7 Å². The highest BCUT2D eigenvalue weighted by molar-refractivity contribution is 8.26. The SMILES string of the molecule is Cc1ccc2nc(NCC3CCCO3)c(/C=C3/SC(=S)N(CC4CCCO4)C3=O)c(=O)n2c1. The van der Waals surface area contributed by atoms with Gasteiger partial charge in [0.15, 0.2) is 0 Å². The van der Waals surface area contributed by atoms with Crippen LogP contribution in [0, 0.1) is 6.92 Å². The molecule has 8 nitrogen and oxygen atoms in total. The average molecular weight is 487 g/mol. The molecule has 0 radical (unpaired) electrons. The topological polar surface area (TPSA) is 85.2 Å². The van der Waals surface area contributed by atoms with E-state index < -0.39 is 0 Å². The number of hydrogen-bond donors (Lipinski definition) is 1. The third kappa shape index (κ3) is 4.70. The van der Waals surface area contributed by atoms with E-state index in [2.05, 4.69) is 5.32 Å². The smallest absolute Gasteiger partial charge is 0.267 e. The lowest BCUT2D eigenvalue weighted by Gasteiger charge is -2.18. The van der Waals surface area contributed by atoms with Gasteiger partial charge in [-0.2, -0.15) is 0 Å². The number of ether oxygens (including phenoxy) is 2. The number of aromatic nitrogens is 2. The number of nitrogens with zero attached hydrogens (tertiary/aromatic N) is 3. The van der Waals surface area contributed by atoms with E-state index in [9.17, 15) is 9.59 Å². The first kappa shape index (κ1) is 22.5. The number of nitrogens with one attached hydrogen (secondary N) is 1. The molecule has 174 valence electrons. The Bertz CT molecular complexity index is 1180. The Balaban J connectivity index is 1.49. The van der Waals surface area contributed by atoms with E-state index in [1.165, 1.54) is 16.2 Å². The van der Waals surface area contributed by atoms with E-state index in [1.807, 2.05) is 19.1 Å². The number of hydrogen-bond acceptors (Lipinski definition) is 8. The van der Waals surface area contributed by atoms with Gasteiger partial charge in [-0.3, -0.25) is 18.9 Å². The number of carbonyl (C=O) groups excluding carboxylic acids is 1. The Hall–Kier alpha value is -2.27. The maximum absolute atomic E-state index is 13.5. The van der Waals surface area contributed by atoms with Crippen molar-refractivity contribution in [2.75, 3.05) is 31.6 Å². The van der Waals surface area contributed by atoms with E-state index in [0.717, 1.165) is 37.9 Å². The fraction of sp³-hybridized carbons (Fsp3) is 0.478. The summed E-state index contributed by atoms with van der Waals surface area (Å²) in [4.78, 5) is 33.3. The second-order valence-electron chi connectivity index (χ2n) is 8.56. The van der Waals surface area contributed by atoms with Crippen molar-refractivity contribution in [1.82, 2.24) is 14.3 Å². The summed E-state index contributed by atoms with van der Waals surface area (Å²) in [6.07, 6.45) is 7.38. The molecule has 10 heteroatoms. The summed E-state index contributed by atoms with van der Waals surface area (Å²) in [5.41, 5.74) is 1.60. The summed E-state index contributed by atoms with van der Waals surface area (Å²) in [5, 5.41) is 3.29. The maximum Gasteiger partial charge on any atom is 0.267 e. The van der Waals surface area contributed by atoms with E-state index in [0.29, 0.717) is 46.0 Å². The predicted molar refractivity (Wildman–Crippen MR) is 133 cm³/mol. The van der Waals surface area contributed by atoms with E-state index in [1.54, 1.807) is 17.2 Å². The number of fused-ring (bicyclic) bond motifs is 1. The van der Waals surface area contributed by atoms with Gasteiger partial charge in [0.05, 0.1) is 29.2 Å². The fourth-order valence-electron chi connectivity index (χ4n) is 4.32. The zero-order chi connectivity index (χ0) is 22.9. The van der Waals surface area contributed by atoms with Crippen LogP contribution in [0.4, 0.5) is 5.82 Å². The van der Waals surface area contributed by atoms with Gasteiger partial charge in [0.1, 0.15) is 15.8 Å². The molecule has 2 aromatic heterocycles. The van der Waals surface area contributed by atoms with Gasteiger partial charge in [0.25, 0.3) is 11.5 Å². The van der Waals surface area contributed by atoms with Crippen molar-refractivity contribution in [3.05, 3.63) is 44.7 Å². The van der Waals surface area contributed by atoms with Gasteiger partial charge in [-0.15, -0.1) is 0 Å². The molecule has 0 bridgehead atoms. The molecule has 0 saturated carbocycles. The second-order valence-corrected chi connectivity index (χ2v) is 10.2. The number of carbonyl (C=O) groups is 1. The summed E-state index contributed by atoms with van der Waals surface area (Å²) < 4.78 is 13.4. The lowest BCUT2D eigenvalue weighted by atomic mass is 10.2. The average Bonchev–Trinajstić information content (AvgIpc) is 3.55. The predicted octanol–water partition coefficient (Wildman–Crippen LogP) is 2.97. The molecule has 33 heavy (non-hydrogen) atoms. The van der Waals surface area contributed by atoms with E-state index >= 15 is 0 Å². The molecule has 0 spiro atoms. The van der Waals surface area contributed by atoms with Crippen molar-refractivity contribution in [1.29, 1.82) is 0 Å². The van der Waals surface area contributed by atoms with Gasteiger partial charge in [0.2, 0.25) is 0 Å². The number of pyridine rings is 1. The molecule has 2 atom stereocenters. The van der Waals surface area contributed by atoms with Crippen LogP contribution in [0.1, 0.15) is 36.8 Å². The molecule has 2 unspecified atom stereocenters.